The van der Waals surface area contributed by atoms with Gasteiger partial charge in [-0.2, -0.15) is 0 Å². The number of anilines is 1. The van der Waals surface area contributed by atoms with Gasteiger partial charge in [0.1, 0.15) is 0 Å². The summed E-state index contributed by atoms with van der Waals surface area (Å²) >= 11 is 0. The number of nitrogens with one attached hydrogen (secondary N) is 2. The van der Waals surface area contributed by atoms with Crippen LogP contribution in [0, 0.1) is 0 Å². The van der Waals surface area contributed by atoms with E-state index in [1.165, 1.54) is 12.1 Å². The highest BCUT2D eigenvalue weighted by Crippen LogP contribution is 2.10. The van der Waals surface area contributed by atoms with Crippen molar-refractivity contribution >= 4 is 23.5 Å². The fraction of sp³-hybridized carbons (Fsp3) is 0.400. The highest BCUT2D eigenvalue weighted by atomic mass is 16.5. The fourth-order valence-corrected chi connectivity index (χ4v) is 1.48. The molecule has 2 N–H and O–H groups in total. The number of esters is 1. The van der Waals surface area contributed by atoms with Gasteiger partial charge in [-0.15, -0.1) is 0 Å². The summed E-state index contributed by atoms with van der Waals surface area (Å²) in [6, 6.07) is 6.08. The minimum Gasteiger partial charge on any atom is -0.462 e. The van der Waals surface area contributed by atoms with Crippen molar-refractivity contribution in [3.63, 3.8) is 0 Å². The molecule has 0 heterocycles. The molecule has 0 aliphatic rings. The van der Waals surface area contributed by atoms with Crippen molar-refractivity contribution in [1.82, 2.24) is 5.32 Å². The topological polar surface area (TPSA) is 84.5 Å². The average Bonchev–Trinajstić information content (AvgIpc) is 2.47. The number of hydrogen-bond acceptors (Lipinski definition) is 4. The summed E-state index contributed by atoms with van der Waals surface area (Å²) in [7, 11) is 0. The van der Waals surface area contributed by atoms with Gasteiger partial charge in [-0.3, -0.25) is 9.59 Å². The van der Waals surface area contributed by atoms with Crippen LogP contribution in [0.1, 0.15) is 37.6 Å². The third-order valence-corrected chi connectivity index (χ3v) is 2.85. The molecule has 0 bridgehead atoms. The zero-order valence-corrected chi connectivity index (χ0v) is 12.4. The number of amides is 2. The smallest absolute Gasteiger partial charge is 0.338 e. The van der Waals surface area contributed by atoms with Crippen molar-refractivity contribution in [3.8, 4) is 0 Å². The second-order valence-corrected chi connectivity index (χ2v) is 4.53. The Balaban J connectivity index is 2.61. The summed E-state index contributed by atoms with van der Waals surface area (Å²) in [4.78, 5) is 34.7. The van der Waals surface area contributed by atoms with Crippen LogP contribution in [0.3, 0.4) is 0 Å². The molecule has 0 saturated carbocycles. The quantitative estimate of drug-likeness (QED) is 0.639. The van der Waals surface area contributed by atoms with E-state index in [1.807, 2.05) is 13.8 Å². The maximum absolute atomic E-state index is 11.7. The van der Waals surface area contributed by atoms with E-state index in [0.29, 0.717) is 17.9 Å². The summed E-state index contributed by atoms with van der Waals surface area (Å²) < 4.78 is 4.85. The summed E-state index contributed by atoms with van der Waals surface area (Å²) in [5.41, 5.74) is 0.825. The molecule has 1 aromatic rings. The molecule has 0 aromatic heterocycles. The molecule has 0 spiro atoms. The second-order valence-electron chi connectivity index (χ2n) is 4.53. The number of benzene rings is 1. The Hall–Kier alpha value is -2.37. The highest BCUT2D eigenvalue weighted by Gasteiger charge is 2.15. The third-order valence-electron chi connectivity index (χ3n) is 2.85. The Morgan fingerprint density at radius 3 is 2.24 bits per heavy atom. The second kappa shape index (κ2) is 8.04. The molecule has 6 nitrogen and oxygen atoms in total. The van der Waals surface area contributed by atoms with Crippen molar-refractivity contribution in [1.29, 1.82) is 0 Å². The first kappa shape index (κ1) is 16.7. The van der Waals surface area contributed by atoms with Crippen molar-refractivity contribution in [2.75, 3.05) is 11.9 Å². The van der Waals surface area contributed by atoms with Crippen molar-refractivity contribution in [2.45, 2.75) is 33.2 Å². The first-order chi connectivity index (χ1) is 9.97. The van der Waals surface area contributed by atoms with Crippen LogP contribution in [0.25, 0.3) is 0 Å². The Morgan fingerprint density at radius 1 is 1.10 bits per heavy atom. The molecular formula is C15H20N2O4. The van der Waals surface area contributed by atoms with Crippen LogP contribution >= 0.6 is 0 Å². The number of rotatable bonds is 5. The number of hydrogen-bond donors (Lipinski definition) is 2. The minimum atomic E-state index is -0.737. The van der Waals surface area contributed by atoms with Crippen LogP contribution in [-0.2, 0) is 14.3 Å². The zero-order chi connectivity index (χ0) is 15.8. The van der Waals surface area contributed by atoms with Crippen LogP contribution in [0.4, 0.5) is 5.69 Å². The number of ether oxygens (including phenoxy) is 1. The van der Waals surface area contributed by atoms with E-state index in [4.69, 9.17) is 4.74 Å². The summed E-state index contributed by atoms with van der Waals surface area (Å²) in [5, 5.41) is 5.04. The Bertz CT molecular complexity index is 511. The molecule has 0 radical (unpaired) electrons. The molecule has 6 heteroatoms. The Kier molecular flexibility index (Phi) is 6.39. The third kappa shape index (κ3) is 5.25. The highest BCUT2D eigenvalue weighted by molar-refractivity contribution is 6.39. The molecule has 0 aliphatic carbocycles. The van der Waals surface area contributed by atoms with E-state index in [2.05, 4.69) is 10.6 Å². The van der Waals surface area contributed by atoms with Crippen molar-refractivity contribution in [3.05, 3.63) is 29.8 Å². The summed E-state index contributed by atoms with van der Waals surface area (Å²) in [5.74, 6) is -1.84. The van der Waals surface area contributed by atoms with Gasteiger partial charge in [0.15, 0.2) is 0 Å². The first-order valence-corrected chi connectivity index (χ1v) is 6.87. The van der Waals surface area contributed by atoms with E-state index < -0.39 is 17.8 Å². The standard InChI is InChI=1S/C15H20N2O4/c1-4-10(3)16-13(18)14(19)17-12-8-6-11(7-9-12)15(20)21-5-2/h6-10H,4-5H2,1-3H3,(H,16,18)(H,17,19). The fourth-order valence-electron chi connectivity index (χ4n) is 1.48. The Morgan fingerprint density at radius 2 is 1.71 bits per heavy atom. The van der Waals surface area contributed by atoms with Crippen LogP contribution < -0.4 is 10.6 Å². The predicted octanol–water partition coefficient (Wildman–Crippen LogP) is 1.72. The molecule has 0 saturated heterocycles. The van der Waals surface area contributed by atoms with Gasteiger partial charge in [-0.25, -0.2) is 4.79 Å². The van der Waals surface area contributed by atoms with Gasteiger partial charge in [0.05, 0.1) is 12.2 Å². The van der Waals surface area contributed by atoms with Gasteiger partial charge >= 0.3 is 17.8 Å². The molecule has 2 amide bonds. The lowest BCUT2D eigenvalue weighted by atomic mass is 10.2. The van der Waals surface area contributed by atoms with E-state index in [9.17, 15) is 14.4 Å². The van der Waals surface area contributed by atoms with Gasteiger partial charge in [-0.1, -0.05) is 6.92 Å². The van der Waals surface area contributed by atoms with E-state index in [-0.39, 0.29) is 6.04 Å². The Labute approximate surface area is 123 Å². The van der Waals surface area contributed by atoms with E-state index >= 15 is 0 Å². The lowest BCUT2D eigenvalue weighted by Gasteiger charge is -2.11. The van der Waals surface area contributed by atoms with Gasteiger partial charge in [0.2, 0.25) is 0 Å². The monoisotopic (exact) mass is 292 g/mol. The van der Waals surface area contributed by atoms with Crippen molar-refractivity contribution < 1.29 is 19.1 Å². The first-order valence-electron chi connectivity index (χ1n) is 6.87. The van der Waals surface area contributed by atoms with Crippen molar-refractivity contribution in [2.24, 2.45) is 0 Å². The van der Waals surface area contributed by atoms with E-state index in [0.717, 1.165) is 6.42 Å². The maximum Gasteiger partial charge on any atom is 0.338 e. The van der Waals surface area contributed by atoms with Gasteiger partial charge in [0, 0.05) is 11.7 Å². The van der Waals surface area contributed by atoms with Gasteiger partial charge in [0.25, 0.3) is 0 Å². The minimum absolute atomic E-state index is 0.0607. The number of carbonyl (C=O) groups excluding carboxylic acids is 3. The normalized spacial score (nSPS) is 11.4. The molecule has 21 heavy (non-hydrogen) atoms. The molecule has 1 atom stereocenters. The average molecular weight is 292 g/mol. The van der Waals surface area contributed by atoms with Crippen LogP contribution in [-0.4, -0.2) is 30.4 Å². The summed E-state index contributed by atoms with van der Waals surface area (Å²) in [6.07, 6.45) is 0.743. The molecule has 0 fully saturated rings. The van der Waals surface area contributed by atoms with Gasteiger partial charge < -0.3 is 15.4 Å². The lowest BCUT2D eigenvalue weighted by molar-refractivity contribution is -0.136. The molecule has 1 rings (SSSR count). The van der Waals surface area contributed by atoms with E-state index in [1.54, 1.807) is 19.1 Å². The molecule has 0 aliphatic heterocycles. The molecule has 1 aromatic carbocycles. The van der Waals surface area contributed by atoms with Crippen LogP contribution in [0.5, 0.6) is 0 Å². The van der Waals surface area contributed by atoms with Gasteiger partial charge in [-0.05, 0) is 44.5 Å². The SMILES string of the molecule is CCOC(=O)c1ccc(NC(=O)C(=O)NC(C)CC)cc1. The summed E-state index contributed by atoms with van der Waals surface area (Å²) in [6.45, 7) is 5.76. The van der Waals surface area contributed by atoms with Crippen LogP contribution in [0.2, 0.25) is 0 Å². The van der Waals surface area contributed by atoms with Crippen LogP contribution in [0.15, 0.2) is 24.3 Å². The maximum atomic E-state index is 11.7. The molecule has 1 unspecified atom stereocenters. The predicted molar refractivity (Wildman–Crippen MR) is 78.9 cm³/mol. The largest absolute Gasteiger partial charge is 0.462 e. The zero-order valence-electron chi connectivity index (χ0n) is 12.4. The number of carbonyl (C=O) groups is 3. The molecular weight excluding hydrogens is 272 g/mol. The molecule has 114 valence electrons. The lowest BCUT2D eigenvalue weighted by Crippen LogP contribution is -2.40.